The number of alkyl carbamates (subject to hydrolysis) is 1. The minimum absolute atomic E-state index is 0.00405. The van der Waals surface area contributed by atoms with E-state index in [1.165, 1.54) is 11.1 Å². The summed E-state index contributed by atoms with van der Waals surface area (Å²) in [7, 11) is 0. The van der Waals surface area contributed by atoms with Gasteiger partial charge < -0.3 is 20.1 Å². The van der Waals surface area contributed by atoms with Crippen LogP contribution < -0.4 is 5.32 Å². The van der Waals surface area contributed by atoms with Crippen LogP contribution in [-0.2, 0) is 14.3 Å². The average molecular weight is 452 g/mol. The summed E-state index contributed by atoms with van der Waals surface area (Å²) < 4.78 is 5.50. The number of aliphatic carboxylic acids is 1. The molecule has 2 aromatic carbocycles. The summed E-state index contributed by atoms with van der Waals surface area (Å²) in [6.45, 7) is 2.72. The number of amides is 2. The van der Waals surface area contributed by atoms with Crippen molar-refractivity contribution in [2.75, 3.05) is 45.9 Å². The topological polar surface area (TPSA) is 99.2 Å². The van der Waals surface area contributed by atoms with Crippen molar-refractivity contribution in [2.45, 2.75) is 18.8 Å². The molecule has 2 N–H and O–H groups in total. The first-order valence-corrected chi connectivity index (χ1v) is 11.3. The first-order chi connectivity index (χ1) is 16.0. The van der Waals surface area contributed by atoms with Crippen LogP contribution in [0, 0.1) is 0 Å². The summed E-state index contributed by atoms with van der Waals surface area (Å²) in [6.07, 6.45) is 0.384. The van der Waals surface area contributed by atoms with Gasteiger partial charge in [-0.25, -0.2) is 4.79 Å². The number of nitrogens with one attached hydrogen (secondary N) is 1. The van der Waals surface area contributed by atoms with Crippen LogP contribution in [0.5, 0.6) is 0 Å². The zero-order valence-electron chi connectivity index (χ0n) is 18.5. The van der Waals surface area contributed by atoms with Crippen molar-refractivity contribution >= 4 is 18.0 Å². The van der Waals surface area contributed by atoms with Crippen LogP contribution in [0.4, 0.5) is 4.79 Å². The number of ether oxygens (including phenoxy) is 1. The van der Waals surface area contributed by atoms with E-state index in [2.05, 4.69) is 29.6 Å². The Labute approximate surface area is 193 Å². The van der Waals surface area contributed by atoms with Gasteiger partial charge in [-0.1, -0.05) is 48.5 Å². The van der Waals surface area contributed by atoms with E-state index in [-0.39, 0.29) is 37.9 Å². The number of nitrogens with zero attached hydrogens (tertiary/aromatic N) is 2. The minimum atomic E-state index is -0.859. The number of fused-ring (bicyclic) bond motifs is 3. The maximum Gasteiger partial charge on any atom is 0.407 e. The van der Waals surface area contributed by atoms with Gasteiger partial charge in [-0.3, -0.25) is 14.5 Å². The summed E-state index contributed by atoms with van der Waals surface area (Å²) in [5.74, 6) is -0.913. The second kappa shape index (κ2) is 10.5. The molecule has 4 rings (SSSR count). The molecule has 0 unspecified atom stereocenters. The Morgan fingerprint density at radius 3 is 2.27 bits per heavy atom. The van der Waals surface area contributed by atoms with Gasteiger partial charge in [0.25, 0.3) is 0 Å². The second-order valence-corrected chi connectivity index (χ2v) is 8.41. The molecule has 0 saturated carbocycles. The van der Waals surface area contributed by atoms with Gasteiger partial charge in [0.2, 0.25) is 5.91 Å². The quantitative estimate of drug-likeness (QED) is 0.671. The van der Waals surface area contributed by atoms with E-state index in [4.69, 9.17) is 9.84 Å². The van der Waals surface area contributed by atoms with Gasteiger partial charge >= 0.3 is 12.1 Å². The number of carboxylic acid groups (broad SMARTS) is 1. The van der Waals surface area contributed by atoms with E-state index in [1.807, 2.05) is 29.2 Å². The van der Waals surface area contributed by atoms with Crippen molar-refractivity contribution in [1.29, 1.82) is 0 Å². The number of rotatable bonds is 7. The third-order valence-corrected chi connectivity index (χ3v) is 6.25. The summed E-state index contributed by atoms with van der Waals surface area (Å²) in [6, 6.07) is 16.3. The lowest BCUT2D eigenvalue weighted by atomic mass is 9.98. The molecular weight excluding hydrogens is 422 g/mol. The highest BCUT2D eigenvalue weighted by Gasteiger charge is 2.29. The van der Waals surface area contributed by atoms with Crippen LogP contribution in [0.25, 0.3) is 11.1 Å². The van der Waals surface area contributed by atoms with Gasteiger partial charge in [-0.05, 0) is 28.7 Å². The monoisotopic (exact) mass is 451 g/mol. The van der Waals surface area contributed by atoms with Crippen LogP contribution in [0.3, 0.4) is 0 Å². The molecule has 0 atom stereocenters. The Bertz CT molecular complexity index is 979. The Morgan fingerprint density at radius 2 is 1.61 bits per heavy atom. The Balaban J connectivity index is 1.22. The number of hydrogen-bond acceptors (Lipinski definition) is 5. The number of hydrogen-bond donors (Lipinski definition) is 2. The predicted molar refractivity (Wildman–Crippen MR) is 123 cm³/mol. The lowest BCUT2D eigenvalue weighted by Crippen LogP contribution is -2.38. The molecule has 2 aromatic rings. The molecule has 8 nitrogen and oxygen atoms in total. The first kappa shape index (κ1) is 22.8. The van der Waals surface area contributed by atoms with Crippen molar-refractivity contribution in [2.24, 2.45) is 0 Å². The van der Waals surface area contributed by atoms with Gasteiger partial charge in [0.05, 0.1) is 6.54 Å². The SMILES string of the molecule is O=C(O)CN1CCCN(C(=O)CCNC(=O)OCC2c3ccccc3-c3ccccc32)CC1. The molecule has 33 heavy (non-hydrogen) atoms. The predicted octanol–water partition coefficient (Wildman–Crippen LogP) is 2.53. The van der Waals surface area contributed by atoms with E-state index in [0.29, 0.717) is 26.2 Å². The normalized spacial score (nSPS) is 15.9. The maximum atomic E-state index is 12.5. The molecule has 0 aromatic heterocycles. The van der Waals surface area contributed by atoms with Crippen LogP contribution in [0.2, 0.25) is 0 Å². The van der Waals surface area contributed by atoms with Gasteiger partial charge in [-0.2, -0.15) is 0 Å². The summed E-state index contributed by atoms with van der Waals surface area (Å²) in [5, 5.41) is 11.6. The summed E-state index contributed by atoms with van der Waals surface area (Å²) in [4.78, 5) is 39.2. The second-order valence-electron chi connectivity index (χ2n) is 8.41. The standard InChI is InChI=1S/C25H29N3O5/c29-23(28-13-5-12-27(14-15-28)16-24(30)31)10-11-26-25(32)33-17-22-20-8-3-1-6-18(20)19-7-2-4-9-21(19)22/h1-4,6-9,22H,5,10-17H2,(H,26,32)(H,30,31). The van der Waals surface area contributed by atoms with Crippen LogP contribution in [-0.4, -0.2) is 78.8 Å². The molecule has 1 aliphatic heterocycles. The van der Waals surface area contributed by atoms with E-state index in [1.54, 1.807) is 4.90 Å². The molecule has 2 aliphatic rings. The molecule has 2 amide bonds. The molecule has 1 heterocycles. The fourth-order valence-corrected chi connectivity index (χ4v) is 4.65. The smallest absolute Gasteiger partial charge is 0.407 e. The molecule has 1 aliphatic carbocycles. The molecule has 0 spiro atoms. The van der Waals surface area contributed by atoms with Gasteiger partial charge in [0.1, 0.15) is 6.61 Å². The number of carboxylic acids is 1. The summed E-state index contributed by atoms with van der Waals surface area (Å²) >= 11 is 0. The van der Waals surface area contributed by atoms with Crippen molar-refractivity contribution in [3.05, 3.63) is 59.7 Å². The van der Waals surface area contributed by atoms with E-state index in [9.17, 15) is 14.4 Å². The fraction of sp³-hybridized carbons (Fsp3) is 0.400. The van der Waals surface area contributed by atoms with Gasteiger partial charge in [-0.15, -0.1) is 0 Å². The zero-order chi connectivity index (χ0) is 23.2. The van der Waals surface area contributed by atoms with E-state index < -0.39 is 12.1 Å². The van der Waals surface area contributed by atoms with E-state index in [0.717, 1.165) is 17.5 Å². The first-order valence-electron chi connectivity index (χ1n) is 11.3. The molecular formula is C25H29N3O5. The molecule has 0 radical (unpaired) electrons. The molecule has 1 saturated heterocycles. The molecule has 0 bridgehead atoms. The average Bonchev–Trinajstić information content (AvgIpc) is 2.94. The van der Waals surface area contributed by atoms with Crippen LogP contribution >= 0.6 is 0 Å². The maximum absolute atomic E-state index is 12.5. The minimum Gasteiger partial charge on any atom is -0.480 e. The molecule has 8 heteroatoms. The highest BCUT2D eigenvalue weighted by atomic mass is 16.5. The summed E-state index contributed by atoms with van der Waals surface area (Å²) in [5.41, 5.74) is 4.65. The van der Waals surface area contributed by atoms with E-state index >= 15 is 0 Å². The van der Waals surface area contributed by atoms with Crippen molar-refractivity contribution in [1.82, 2.24) is 15.1 Å². The van der Waals surface area contributed by atoms with Crippen molar-refractivity contribution < 1.29 is 24.2 Å². The third kappa shape index (κ3) is 5.51. The highest BCUT2D eigenvalue weighted by molar-refractivity contribution is 5.79. The number of carbonyl (C=O) groups is 3. The molecule has 1 fully saturated rings. The number of carbonyl (C=O) groups excluding carboxylic acids is 2. The number of benzene rings is 2. The highest BCUT2D eigenvalue weighted by Crippen LogP contribution is 2.44. The molecule has 174 valence electrons. The Morgan fingerprint density at radius 1 is 0.939 bits per heavy atom. The fourth-order valence-electron chi connectivity index (χ4n) is 4.65. The lowest BCUT2D eigenvalue weighted by Gasteiger charge is -2.21. The Hall–Kier alpha value is -3.39. The van der Waals surface area contributed by atoms with Crippen LogP contribution in [0.1, 0.15) is 29.9 Å². The van der Waals surface area contributed by atoms with Gasteiger partial charge in [0, 0.05) is 45.1 Å². The lowest BCUT2D eigenvalue weighted by molar-refractivity contribution is -0.138. The Kier molecular flexibility index (Phi) is 7.24. The third-order valence-electron chi connectivity index (χ3n) is 6.25. The van der Waals surface area contributed by atoms with Gasteiger partial charge in [0.15, 0.2) is 0 Å². The van der Waals surface area contributed by atoms with Crippen molar-refractivity contribution in [3.63, 3.8) is 0 Å². The van der Waals surface area contributed by atoms with Crippen LogP contribution in [0.15, 0.2) is 48.5 Å². The largest absolute Gasteiger partial charge is 0.480 e. The van der Waals surface area contributed by atoms with Crippen molar-refractivity contribution in [3.8, 4) is 11.1 Å². The zero-order valence-corrected chi connectivity index (χ0v) is 18.5.